The zero-order chi connectivity index (χ0) is 24.6. The number of rotatable bonds is 9. The summed E-state index contributed by atoms with van der Waals surface area (Å²) < 4.78 is 16.4. The van der Waals surface area contributed by atoms with Crippen molar-refractivity contribution in [1.29, 1.82) is 0 Å². The van der Waals surface area contributed by atoms with Crippen molar-refractivity contribution in [2.75, 3.05) is 19.1 Å². The second-order valence-electron chi connectivity index (χ2n) is 7.53. The molecule has 178 valence electrons. The van der Waals surface area contributed by atoms with Gasteiger partial charge >= 0.3 is 5.97 Å². The molecule has 4 aromatic rings. The molecule has 0 atom stereocenters. The highest BCUT2D eigenvalue weighted by Crippen LogP contribution is 2.29. The van der Waals surface area contributed by atoms with Gasteiger partial charge in [0.2, 0.25) is 5.13 Å². The van der Waals surface area contributed by atoms with Crippen LogP contribution in [0.25, 0.3) is 11.3 Å². The van der Waals surface area contributed by atoms with E-state index in [2.05, 4.69) is 46.7 Å². The van der Waals surface area contributed by atoms with Gasteiger partial charge in [0.05, 0.1) is 31.2 Å². The standard InChI is InChI=1S/C27H25N3O4S/c1-4-33-25-14-19(10-13-24(25)34-26(31)21-6-5-7-22(15-21)32-3)16-28-30-27-29-23(17-35-27)20-11-8-18(2)9-12-20/h5-17H,4H2,1-3H3,(H,29,30). The van der Waals surface area contributed by atoms with Crippen LogP contribution >= 0.6 is 11.3 Å². The molecule has 8 heteroatoms. The van der Waals surface area contributed by atoms with Gasteiger partial charge in [-0.3, -0.25) is 5.43 Å². The van der Waals surface area contributed by atoms with Gasteiger partial charge in [0.25, 0.3) is 0 Å². The SMILES string of the molecule is CCOc1cc(C=NNc2nc(-c3ccc(C)cc3)cs2)ccc1OC(=O)c1cccc(OC)c1. The Bertz CT molecular complexity index is 1330. The van der Waals surface area contributed by atoms with Crippen molar-refractivity contribution in [3.63, 3.8) is 0 Å². The predicted molar refractivity (Wildman–Crippen MR) is 139 cm³/mol. The Morgan fingerprint density at radius 1 is 1.09 bits per heavy atom. The molecule has 4 rings (SSSR count). The Morgan fingerprint density at radius 2 is 1.91 bits per heavy atom. The zero-order valence-electron chi connectivity index (χ0n) is 19.6. The Labute approximate surface area is 208 Å². The van der Waals surface area contributed by atoms with E-state index in [1.165, 1.54) is 16.9 Å². The molecule has 0 saturated carbocycles. The number of aromatic nitrogens is 1. The van der Waals surface area contributed by atoms with Crippen LogP contribution < -0.4 is 19.6 Å². The number of hydrazone groups is 1. The molecule has 35 heavy (non-hydrogen) atoms. The number of ether oxygens (including phenoxy) is 3. The predicted octanol–water partition coefficient (Wildman–Crippen LogP) is 6.19. The Morgan fingerprint density at radius 3 is 2.69 bits per heavy atom. The molecule has 0 bridgehead atoms. The van der Waals surface area contributed by atoms with Crippen molar-refractivity contribution in [3.8, 4) is 28.5 Å². The van der Waals surface area contributed by atoms with Gasteiger partial charge in [0, 0.05) is 10.9 Å². The van der Waals surface area contributed by atoms with Gasteiger partial charge in [-0.15, -0.1) is 11.3 Å². The van der Waals surface area contributed by atoms with E-state index in [4.69, 9.17) is 14.2 Å². The summed E-state index contributed by atoms with van der Waals surface area (Å²) in [5.74, 6) is 0.854. The number of nitrogens with zero attached hydrogens (tertiary/aromatic N) is 2. The lowest BCUT2D eigenvalue weighted by Crippen LogP contribution is -2.10. The number of methoxy groups -OCH3 is 1. The van der Waals surface area contributed by atoms with Gasteiger partial charge < -0.3 is 14.2 Å². The van der Waals surface area contributed by atoms with E-state index < -0.39 is 5.97 Å². The molecule has 0 aliphatic rings. The summed E-state index contributed by atoms with van der Waals surface area (Å²) in [4.78, 5) is 17.2. The molecule has 0 spiro atoms. The summed E-state index contributed by atoms with van der Waals surface area (Å²) in [5.41, 5.74) is 7.29. The average Bonchev–Trinajstić information content (AvgIpc) is 3.35. The number of nitrogens with one attached hydrogen (secondary N) is 1. The second kappa shape index (κ2) is 11.3. The van der Waals surface area contributed by atoms with Crippen LogP contribution in [-0.2, 0) is 0 Å². The fourth-order valence-electron chi connectivity index (χ4n) is 3.21. The van der Waals surface area contributed by atoms with E-state index in [0.29, 0.717) is 34.6 Å². The topological polar surface area (TPSA) is 82.0 Å². The molecule has 0 unspecified atom stereocenters. The van der Waals surface area contributed by atoms with Crippen LogP contribution in [-0.4, -0.2) is 30.9 Å². The van der Waals surface area contributed by atoms with Crippen LogP contribution in [0.4, 0.5) is 5.13 Å². The minimum absolute atomic E-state index is 0.326. The maximum atomic E-state index is 12.6. The molecule has 1 aromatic heterocycles. The van der Waals surface area contributed by atoms with Crippen molar-refractivity contribution in [2.24, 2.45) is 5.10 Å². The molecule has 0 amide bonds. The first-order valence-corrected chi connectivity index (χ1v) is 11.9. The molecule has 0 fully saturated rings. The first kappa shape index (κ1) is 24.0. The van der Waals surface area contributed by atoms with E-state index >= 15 is 0 Å². The van der Waals surface area contributed by atoms with E-state index in [1.807, 2.05) is 12.3 Å². The lowest BCUT2D eigenvalue weighted by molar-refractivity contribution is 0.0728. The Hall–Kier alpha value is -4.17. The lowest BCUT2D eigenvalue weighted by Gasteiger charge is -2.11. The molecule has 1 N–H and O–H groups in total. The quantitative estimate of drug-likeness (QED) is 0.131. The number of hydrogen-bond acceptors (Lipinski definition) is 8. The molecule has 1 heterocycles. The average molecular weight is 488 g/mol. The van der Waals surface area contributed by atoms with E-state index in [-0.39, 0.29) is 0 Å². The van der Waals surface area contributed by atoms with E-state index in [0.717, 1.165) is 16.8 Å². The molecule has 0 aliphatic heterocycles. The summed E-state index contributed by atoms with van der Waals surface area (Å²) in [5, 5.41) is 6.96. The fourth-order valence-corrected chi connectivity index (χ4v) is 3.88. The summed E-state index contributed by atoms with van der Waals surface area (Å²) in [6, 6.07) is 20.3. The summed E-state index contributed by atoms with van der Waals surface area (Å²) in [6.07, 6.45) is 1.66. The molecule has 7 nitrogen and oxygen atoms in total. The third-order valence-electron chi connectivity index (χ3n) is 5.00. The highest BCUT2D eigenvalue weighted by atomic mass is 32.1. The van der Waals surface area contributed by atoms with Crippen LogP contribution in [0.2, 0.25) is 0 Å². The fraction of sp³-hybridized carbons (Fsp3) is 0.148. The monoisotopic (exact) mass is 487 g/mol. The number of thiazole rings is 1. The maximum Gasteiger partial charge on any atom is 0.343 e. The number of esters is 1. The molecule has 0 radical (unpaired) electrons. The number of anilines is 1. The summed E-state index contributed by atoms with van der Waals surface area (Å²) in [7, 11) is 1.55. The highest BCUT2D eigenvalue weighted by molar-refractivity contribution is 7.14. The molecular weight excluding hydrogens is 462 g/mol. The van der Waals surface area contributed by atoms with Crippen LogP contribution in [0, 0.1) is 6.92 Å². The van der Waals surface area contributed by atoms with E-state index in [1.54, 1.807) is 55.8 Å². The molecular formula is C27H25N3O4S. The van der Waals surface area contributed by atoms with Gasteiger partial charge in [-0.2, -0.15) is 5.10 Å². The number of carbonyl (C=O) groups is 1. The number of benzene rings is 3. The summed E-state index contributed by atoms with van der Waals surface area (Å²) >= 11 is 1.48. The van der Waals surface area contributed by atoms with Crippen molar-refractivity contribution >= 4 is 28.7 Å². The van der Waals surface area contributed by atoms with Crippen LogP contribution in [0.3, 0.4) is 0 Å². The molecule has 0 saturated heterocycles. The highest BCUT2D eigenvalue weighted by Gasteiger charge is 2.14. The minimum atomic E-state index is -0.499. The largest absolute Gasteiger partial charge is 0.497 e. The zero-order valence-corrected chi connectivity index (χ0v) is 20.5. The van der Waals surface area contributed by atoms with Gasteiger partial charge in [-0.1, -0.05) is 35.9 Å². The third-order valence-corrected chi connectivity index (χ3v) is 5.75. The minimum Gasteiger partial charge on any atom is -0.497 e. The first-order valence-electron chi connectivity index (χ1n) is 11.0. The first-order chi connectivity index (χ1) is 17.1. The van der Waals surface area contributed by atoms with Crippen LogP contribution in [0.5, 0.6) is 17.2 Å². The summed E-state index contributed by atoms with van der Waals surface area (Å²) in [6.45, 7) is 4.34. The third kappa shape index (κ3) is 6.24. The second-order valence-corrected chi connectivity index (χ2v) is 8.39. The lowest BCUT2D eigenvalue weighted by atomic mass is 10.1. The van der Waals surface area contributed by atoms with Gasteiger partial charge in [0.1, 0.15) is 5.75 Å². The maximum absolute atomic E-state index is 12.6. The van der Waals surface area contributed by atoms with Crippen molar-refractivity contribution < 1.29 is 19.0 Å². The smallest absolute Gasteiger partial charge is 0.343 e. The van der Waals surface area contributed by atoms with Gasteiger partial charge in [-0.25, -0.2) is 9.78 Å². The van der Waals surface area contributed by atoms with Crippen molar-refractivity contribution in [2.45, 2.75) is 13.8 Å². The Balaban J connectivity index is 1.43. The van der Waals surface area contributed by atoms with Crippen molar-refractivity contribution in [3.05, 3.63) is 88.8 Å². The normalized spacial score (nSPS) is 10.8. The van der Waals surface area contributed by atoms with Crippen LogP contribution in [0.15, 0.2) is 77.2 Å². The number of carbonyl (C=O) groups excluding carboxylic acids is 1. The Kier molecular flexibility index (Phi) is 7.74. The van der Waals surface area contributed by atoms with E-state index in [9.17, 15) is 4.79 Å². The van der Waals surface area contributed by atoms with Gasteiger partial charge in [0.15, 0.2) is 11.5 Å². The molecule has 3 aromatic carbocycles. The number of aryl methyl sites for hydroxylation is 1. The molecule has 0 aliphatic carbocycles. The van der Waals surface area contributed by atoms with Gasteiger partial charge in [-0.05, 0) is 55.8 Å². The van der Waals surface area contributed by atoms with Crippen LogP contribution in [0.1, 0.15) is 28.4 Å². The van der Waals surface area contributed by atoms with Crippen molar-refractivity contribution in [1.82, 2.24) is 4.98 Å². The number of hydrogen-bond donors (Lipinski definition) is 1.